The van der Waals surface area contributed by atoms with E-state index in [0.717, 1.165) is 36.9 Å². The highest BCUT2D eigenvalue weighted by Crippen LogP contribution is 2.36. The van der Waals surface area contributed by atoms with Crippen LogP contribution in [-0.2, 0) is 14.3 Å². The predicted molar refractivity (Wildman–Crippen MR) is 115 cm³/mol. The van der Waals surface area contributed by atoms with Crippen molar-refractivity contribution in [3.8, 4) is 0 Å². The molecule has 4 aliphatic heterocycles. The van der Waals surface area contributed by atoms with Crippen LogP contribution in [0.25, 0.3) is 0 Å². The van der Waals surface area contributed by atoms with Crippen LogP contribution in [0.15, 0.2) is 18.2 Å². The van der Waals surface area contributed by atoms with Crippen LogP contribution >= 0.6 is 0 Å². The highest BCUT2D eigenvalue weighted by Gasteiger charge is 2.46. The fraction of sp³-hybridized carbons (Fsp3) is 0.565. The molecule has 0 aromatic heterocycles. The molecule has 1 aromatic carbocycles. The third-order valence-corrected chi connectivity index (χ3v) is 6.97. The van der Waals surface area contributed by atoms with Crippen LogP contribution in [0.3, 0.4) is 0 Å². The Labute approximate surface area is 186 Å². The van der Waals surface area contributed by atoms with Crippen molar-refractivity contribution in [2.45, 2.75) is 44.2 Å². The zero-order valence-corrected chi connectivity index (χ0v) is 18.0. The fourth-order valence-electron chi connectivity index (χ4n) is 5.07. The number of hydrogen-bond acceptors (Lipinski definition) is 7. The highest BCUT2D eigenvalue weighted by molar-refractivity contribution is 6.25. The molecule has 9 nitrogen and oxygen atoms in total. The van der Waals surface area contributed by atoms with Crippen LogP contribution in [0, 0.1) is 5.92 Å². The molecule has 1 aromatic rings. The first-order valence-electron chi connectivity index (χ1n) is 11.4. The molecule has 9 heteroatoms. The number of anilines is 1. The molecule has 5 rings (SSSR count). The number of imide groups is 2. The minimum absolute atomic E-state index is 0.110. The maximum atomic E-state index is 13.2. The van der Waals surface area contributed by atoms with Crippen LogP contribution in [0.4, 0.5) is 5.69 Å². The number of rotatable bonds is 6. The SMILES string of the molecule is O=C1CCC(N2C(=O)c3cccc(N4CC(OCCC5CCNCC5)C4)c3C2=O)C(=O)N1. The molecule has 1 atom stereocenters. The summed E-state index contributed by atoms with van der Waals surface area (Å²) in [5.74, 6) is -1.19. The van der Waals surface area contributed by atoms with Crippen molar-refractivity contribution in [1.82, 2.24) is 15.5 Å². The van der Waals surface area contributed by atoms with Crippen molar-refractivity contribution in [3.05, 3.63) is 29.3 Å². The van der Waals surface area contributed by atoms with E-state index in [1.807, 2.05) is 11.0 Å². The number of ether oxygens (including phenoxy) is 1. The van der Waals surface area contributed by atoms with E-state index in [2.05, 4.69) is 10.6 Å². The minimum Gasteiger partial charge on any atom is -0.375 e. The topological polar surface area (TPSA) is 108 Å². The van der Waals surface area contributed by atoms with Gasteiger partial charge in [0.25, 0.3) is 11.8 Å². The Morgan fingerprint density at radius 1 is 1.00 bits per heavy atom. The molecular weight excluding hydrogens is 412 g/mol. The maximum Gasteiger partial charge on any atom is 0.264 e. The van der Waals surface area contributed by atoms with Crippen LogP contribution in [0.5, 0.6) is 0 Å². The molecule has 4 amide bonds. The Bertz CT molecular complexity index is 952. The quantitative estimate of drug-likeness (QED) is 0.627. The van der Waals surface area contributed by atoms with E-state index in [1.165, 1.54) is 12.8 Å². The van der Waals surface area contributed by atoms with Gasteiger partial charge in [-0.2, -0.15) is 0 Å². The van der Waals surface area contributed by atoms with Gasteiger partial charge in [-0.25, -0.2) is 0 Å². The second kappa shape index (κ2) is 8.63. The summed E-state index contributed by atoms with van der Waals surface area (Å²) < 4.78 is 6.03. The average Bonchev–Trinajstić information content (AvgIpc) is 3.01. The van der Waals surface area contributed by atoms with E-state index in [9.17, 15) is 19.2 Å². The molecule has 3 fully saturated rings. The van der Waals surface area contributed by atoms with Crippen molar-refractivity contribution < 1.29 is 23.9 Å². The largest absolute Gasteiger partial charge is 0.375 e. The Balaban J connectivity index is 1.22. The van der Waals surface area contributed by atoms with Gasteiger partial charge in [-0.1, -0.05) is 6.07 Å². The van der Waals surface area contributed by atoms with Crippen molar-refractivity contribution in [2.24, 2.45) is 5.92 Å². The number of nitrogens with one attached hydrogen (secondary N) is 2. The predicted octanol–water partition coefficient (Wildman–Crippen LogP) is 0.683. The van der Waals surface area contributed by atoms with Crippen molar-refractivity contribution >= 4 is 29.3 Å². The van der Waals surface area contributed by atoms with E-state index in [-0.39, 0.29) is 24.9 Å². The minimum atomic E-state index is -0.949. The number of carbonyl (C=O) groups excluding carboxylic acids is 4. The lowest BCUT2D eigenvalue weighted by atomic mass is 9.95. The number of benzene rings is 1. The van der Waals surface area contributed by atoms with Gasteiger partial charge >= 0.3 is 0 Å². The van der Waals surface area contributed by atoms with Crippen molar-refractivity contribution in [1.29, 1.82) is 0 Å². The first-order chi connectivity index (χ1) is 15.5. The Kier molecular flexibility index (Phi) is 5.69. The monoisotopic (exact) mass is 440 g/mol. The van der Waals surface area contributed by atoms with Gasteiger partial charge in [0.15, 0.2) is 0 Å². The van der Waals surface area contributed by atoms with Gasteiger partial charge in [0.2, 0.25) is 11.8 Å². The van der Waals surface area contributed by atoms with Crippen LogP contribution < -0.4 is 15.5 Å². The summed E-state index contributed by atoms with van der Waals surface area (Å²) in [5.41, 5.74) is 1.36. The molecule has 1 unspecified atom stereocenters. The summed E-state index contributed by atoms with van der Waals surface area (Å²) >= 11 is 0. The fourth-order valence-corrected chi connectivity index (χ4v) is 5.07. The van der Waals surface area contributed by atoms with Gasteiger partial charge in [-0.3, -0.25) is 29.4 Å². The third-order valence-electron chi connectivity index (χ3n) is 6.97. The van der Waals surface area contributed by atoms with E-state index >= 15 is 0 Å². The van der Waals surface area contributed by atoms with E-state index in [0.29, 0.717) is 29.9 Å². The summed E-state index contributed by atoms with van der Waals surface area (Å²) in [7, 11) is 0. The lowest BCUT2D eigenvalue weighted by Crippen LogP contribution is -2.54. The average molecular weight is 441 g/mol. The van der Waals surface area contributed by atoms with Gasteiger partial charge in [0, 0.05) is 26.1 Å². The number of carbonyl (C=O) groups is 4. The zero-order valence-electron chi connectivity index (χ0n) is 18.0. The molecule has 4 aliphatic rings. The van der Waals surface area contributed by atoms with Gasteiger partial charge in [-0.15, -0.1) is 0 Å². The van der Waals surface area contributed by atoms with E-state index in [4.69, 9.17) is 4.74 Å². The standard InChI is InChI=1S/C23H28N4O5/c28-19-5-4-18(21(29)25-19)27-22(30)16-2-1-3-17(20(16)23(27)31)26-12-15(13-26)32-11-8-14-6-9-24-10-7-14/h1-3,14-15,18,24H,4-13H2,(H,25,28,29). The molecule has 3 saturated heterocycles. The molecular formula is C23H28N4O5. The highest BCUT2D eigenvalue weighted by atomic mass is 16.5. The van der Waals surface area contributed by atoms with Crippen LogP contribution in [0.1, 0.15) is 52.8 Å². The maximum absolute atomic E-state index is 13.2. The molecule has 4 heterocycles. The lowest BCUT2D eigenvalue weighted by molar-refractivity contribution is -0.136. The second-order valence-corrected chi connectivity index (χ2v) is 9.03. The summed E-state index contributed by atoms with van der Waals surface area (Å²) in [6, 6.07) is 4.27. The molecule has 32 heavy (non-hydrogen) atoms. The Morgan fingerprint density at radius 3 is 2.53 bits per heavy atom. The third kappa shape index (κ3) is 3.80. The van der Waals surface area contributed by atoms with E-state index < -0.39 is 23.8 Å². The summed E-state index contributed by atoms with van der Waals surface area (Å²) in [6.45, 7) is 4.26. The normalized spacial score (nSPS) is 24.6. The van der Waals surface area contributed by atoms with Gasteiger partial charge in [0.05, 0.1) is 22.9 Å². The van der Waals surface area contributed by atoms with Gasteiger partial charge in [-0.05, 0) is 56.8 Å². The summed E-state index contributed by atoms with van der Waals surface area (Å²) in [4.78, 5) is 53.0. The second-order valence-electron chi connectivity index (χ2n) is 9.03. The number of amides is 4. The lowest BCUT2D eigenvalue weighted by Gasteiger charge is -2.41. The molecule has 0 spiro atoms. The number of piperidine rings is 2. The smallest absolute Gasteiger partial charge is 0.264 e. The number of nitrogens with zero attached hydrogens (tertiary/aromatic N) is 2. The van der Waals surface area contributed by atoms with Crippen LogP contribution in [-0.4, -0.2) is 73.5 Å². The molecule has 0 saturated carbocycles. The summed E-state index contributed by atoms with van der Waals surface area (Å²) in [6.07, 6.45) is 3.87. The van der Waals surface area contributed by atoms with Gasteiger partial charge < -0.3 is 15.0 Å². The Hall–Kier alpha value is -2.78. The van der Waals surface area contributed by atoms with Crippen molar-refractivity contribution in [2.75, 3.05) is 37.7 Å². The first kappa shape index (κ1) is 21.1. The van der Waals surface area contributed by atoms with Crippen LogP contribution in [0.2, 0.25) is 0 Å². The number of fused-ring (bicyclic) bond motifs is 1. The van der Waals surface area contributed by atoms with Gasteiger partial charge in [0.1, 0.15) is 6.04 Å². The molecule has 0 aliphatic carbocycles. The molecule has 170 valence electrons. The summed E-state index contributed by atoms with van der Waals surface area (Å²) in [5, 5.41) is 5.60. The first-order valence-corrected chi connectivity index (χ1v) is 11.4. The Morgan fingerprint density at radius 2 is 1.78 bits per heavy atom. The van der Waals surface area contributed by atoms with E-state index in [1.54, 1.807) is 12.1 Å². The number of hydrogen-bond donors (Lipinski definition) is 2. The molecule has 0 bridgehead atoms. The molecule has 0 radical (unpaired) electrons. The zero-order chi connectivity index (χ0) is 22.2. The van der Waals surface area contributed by atoms with Crippen molar-refractivity contribution in [3.63, 3.8) is 0 Å². The molecule has 2 N–H and O–H groups in total.